The second kappa shape index (κ2) is 3.45. The van der Waals surface area contributed by atoms with Crippen molar-refractivity contribution < 1.29 is 0 Å². The number of anilines is 1. The number of aromatic nitrogens is 3. The molecule has 18 heavy (non-hydrogen) atoms. The van der Waals surface area contributed by atoms with Crippen LogP contribution >= 0.6 is 0 Å². The summed E-state index contributed by atoms with van der Waals surface area (Å²) in [5, 5.41) is 4.57. The van der Waals surface area contributed by atoms with Gasteiger partial charge in [-0.2, -0.15) is 4.98 Å². The molecule has 1 atom stereocenters. The van der Waals surface area contributed by atoms with Gasteiger partial charge in [-0.05, 0) is 18.9 Å². The number of likely N-dealkylation sites (N-methyl/N-ethyl adjacent to an activating group) is 1. The van der Waals surface area contributed by atoms with Crippen molar-refractivity contribution in [3.63, 3.8) is 0 Å². The molecule has 1 spiro atoms. The van der Waals surface area contributed by atoms with E-state index >= 15 is 0 Å². The maximum absolute atomic E-state index is 4.60. The minimum atomic E-state index is 0.489. The number of H-pyrrole nitrogens is 1. The lowest BCUT2D eigenvalue weighted by Gasteiger charge is -2.28. The van der Waals surface area contributed by atoms with Gasteiger partial charge in [0, 0.05) is 43.3 Å². The van der Waals surface area contributed by atoms with E-state index in [4.69, 9.17) is 0 Å². The zero-order chi connectivity index (χ0) is 12.2. The Morgan fingerprint density at radius 2 is 2.33 bits per heavy atom. The van der Waals surface area contributed by atoms with Gasteiger partial charge in [0.1, 0.15) is 5.65 Å². The van der Waals surface area contributed by atoms with Crippen molar-refractivity contribution in [3.8, 4) is 0 Å². The quantitative estimate of drug-likeness (QED) is 0.830. The molecule has 1 saturated carbocycles. The second-order valence-corrected chi connectivity index (χ2v) is 5.57. The summed E-state index contributed by atoms with van der Waals surface area (Å²) in [6.45, 7) is 2.19. The number of hydrogen-bond donors (Lipinski definition) is 2. The fourth-order valence-corrected chi connectivity index (χ4v) is 3.15. The van der Waals surface area contributed by atoms with Crippen LogP contribution in [-0.2, 0) is 0 Å². The lowest BCUT2D eigenvalue weighted by atomic mass is 10.00. The fraction of sp³-hybridized carbons (Fsp3) is 0.538. The molecule has 5 nitrogen and oxygen atoms in total. The maximum atomic E-state index is 4.60. The maximum Gasteiger partial charge on any atom is 0.227 e. The highest BCUT2D eigenvalue weighted by Crippen LogP contribution is 2.52. The van der Waals surface area contributed by atoms with Gasteiger partial charge in [0.05, 0.1) is 6.04 Å². The summed E-state index contributed by atoms with van der Waals surface area (Å²) in [7, 11) is 2.11. The van der Waals surface area contributed by atoms with Crippen LogP contribution in [0.1, 0.15) is 12.8 Å². The van der Waals surface area contributed by atoms with Gasteiger partial charge in [-0.15, -0.1) is 0 Å². The first-order chi connectivity index (χ1) is 8.78. The van der Waals surface area contributed by atoms with Crippen molar-refractivity contribution in [2.75, 3.05) is 25.0 Å². The minimum absolute atomic E-state index is 0.489. The Bertz CT molecular complexity index is 586. The normalized spacial score (nSPS) is 24.8. The molecule has 1 saturated heterocycles. The Hall–Kier alpha value is -1.62. The Morgan fingerprint density at radius 3 is 3.17 bits per heavy atom. The van der Waals surface area contributed by atoms with Gasteiger partial charge >= 0.3 is 0 Å². The van der Waals surface area contributed by atoms with Crippen LogP contribution in [-0.4, -0.2) is 41.1 Å². The summed E-state index contributed by atoms with van der Waals surface area (Å²) in [5.74, 6) is 0.824. The van der Waals surface area contributed by atoms with Gasteiger partial charge in [-0.25, -0.2) is 4.98 Å². The molecule has 3 heterocycles. The van der Waals surface area contributed by atoms with Crippen LogP contribution in [0.5, 0.6) is 0 Å². The van der Waals surface area contributed by atoms with Gasteiger partial charge in [0.2, 0.25) is 5.95 Å². The molecule has 0 amide bonds. The molecule has 94 valence electrons. The van der Waals surface area contributed by atoms with E-state index in [1.54, 1.807) is 0 Å². The molecule has 2 aliphatic rings. The Labute approximate surface area is 106 Å². The predicted octanol–water partition coefficient (Wildman–Crippen LogP) is 1.15. The molecule has 2 aromatic rings. The summed E-state index contributed by atoms with van der Waals surface area (Å²) >= 11 is 0. The summed E-state index contributed by atoms with van der Waals surface area (Å²) in [5.41, 5.74) is 1.41. The SMILES string of the molecule is CN(c1ncc2cc[nH]c2n1)C1CNCC12CC2. The summed E-state index contributed by atoms with van der Waals surface area (Å²) in [4.78, 5) is 14.5. The van der Waals surface area contributed by atoms with E-state index in [1.165, 1.54) is 12.8 Å². The van der Waals surface area contributed by atoms with Crippen molar-refractivity contribution in [3.05, 3.63) is 18.5 Å². The van der Waals surface area contributed by atoms with Crippen molar-refractivity contribution in [1.82, 2.24) is 20.3 Å². The molecular formula is C13H17N5. The monoisotopic (exact) mass is 243 g/mol. The van der Waals surface area contributed by atoms with Crippen LogP contribution in [0, 0.1) is 5.41 Å². The van der Waals surface area contributed by atoms with E-state index in [9.17, 15) is 0 Å². The van der Waals surface area contributed by atoms with Crippen molar-refractivity contribution in [1.29, 1.82) is 0 Å². The molecule has 0 aromatic carbocycles. The first-order valence-electron chi connectivity index (χ1n) is 6.52. The summed E-state index contributed by atoms with van der Waals surface area (Å²) < 4.78 is 0. The first kappa shape index (κ1) is 10.3. The Morgan fingerprint density at radius 1 is 1.44 bits per heavy atom. The van der Waals surface area contributed by atoms with E-state index in [-0.39, 0.29) is 0 Å². The molecule has 2 N–H and O–H groups in total. The van der Waals surface area contributed by atoms with Crippen LogP contribution < -0.4 is 10.2 Å². The van der Waals surface area contributed by atoms with E-state index in [0.29, 0.717) is 11.5 Å². The average Bonchev–Trinajstić information content (AvgIpc) is 2.85. The van der Waals surface area contributed by atoms with E-state index in [2.05, 4.69) is 32.2 Å². The van der Waals surface area contributed by atoms with Gasteiger partial charge in [0.15, 0.2) is 0 Å². The molecule has 1 aliphatic carbocycles. The number of nitrogens with zero attached hydrogens (tertiary/aromatic N) is 3. The highest BCUT2D eigenvalue weighted by molar-refractivity contribution is 5.75. The number of aromatic amines is 1. The van der Waals surface area contributed by atoms with Crippen LogP contribution in [0.2, 0.25) is 0 Å². The molecule has 2 aromatic heterocycles. The van der Waals surface area contributed by atoms with Crippen molar-refractivity contribution in [2.24, 2.45) is 5.41 Å². The zero-order valence-electron chi connectivity index (χ0n) is 10.5. The first-order valence-corrected chi connectivity index (χ1v) is 6.52. The third-order valence-electron chi connectivity index (χ3n) is 4.48. The lowest BCUT2D eigenvalue weighted by molar-refractivity contribution is 0.474. The largest absolute Gasteiger partial charge is 0.346 e. The number of nitrogens with one attached hydrogen (secondary N) is 2. The van der Waals surface area contributed by atoms with Gasteiger partial charge in [-0.3, -0.25) is 0 Å². The molecule has 0 radical (unpaired) electrons. The number of hydrogen-bond acceptors (Lipinski definition) is 4. The fourth-order valence-electron chi connectivity index (χ4n) is 3.15. The average molecular weight is 243 g/mol. The molecular weight excluding hydrogens is 226 g/mol. The standard InChI is InChI=1S/C13H17N5/c1-18(10-7-14-8-13(10)3-4-13)12-16-6-9-2-5-15-11(9)17-12/h2,5-6,10,14H,3-4,7-8H2,1H3,(H,15,16,17). The Kier molecular flexibility index (Phi) is 1.97. The highest BCUT2D eigenvalue weighted by Gasteiger charge is 2.54. The van der Waals surface area contributed by atoms with Gasteiger partial charge in [-0.1, -0.05) is 0 Å². The Balaban J connectivity index is 1.69. The predicted molar refractivity (Wildman–Crippen MR) is 70.6 cm³/mol. The zero-order valence-corrected chi connectivity index (χ0v) is 10.5. The van der Waals surface area contributed by atoms with E-state index < -0.39 is 0 Å². The number of rotatable bonds is 2. The van der Waals surface area contributed by atoms with E-state index in [0.717, 1.165) is 30.1 Å². The molecule has 0 bridgehead atoms. The molecule has 1 unspecified atom stereocenters. The lowest BCUT2D eigenvalue weighted by Crippen LogP contribution is -2.40. The molecule has 4 rings (SSSR count). The minimum Gasteiger partial charge on any atom is -0.346 e. The van der Waals surface area contributed by atoms with Crippen LogP contribution in [0.25, 0.3) is 11.0 Å². The summed E-state index contributed by atoms with van der Waals surface area (Å²) in [6.07, 6.45) is 6.47. The second-order valence-electron chi connectivity index (χ2n) is 5.57. The molecule has 2 fully saturated rings. The third-order valence-corrected chi connectivity index (χ3v) is 4.48. The van der Waals surface area contributed by atoms with Crippen LogP contribution in [0.15, 0.2) is 18.5 Å². The number of fused-ring (bicyclic) bond motifs is 1. The van der Waals surface area contributed by atoms with Crippen LogP contribution in [0.3, 0.4) is 0 Å². The summed E-state index contributed by atoms with van der Waals surface area (Å²) in [6, 6.07) is 2.53. The molecule has 1 aliphatic heterocycles. The van der Waals surface area contributed by atoms with E-state index in [1.807, 2.05) is 18.5 Å². The van der Waals surface area contributed by atoms with Crippen LogP contribution in [0.4, 0.5) is 5.95 Å². The smallest absolute Gasteiger partial charge is 0.227 e. The highest BCUT2D eigenvalue weighted by atomic mass is 15.3. The van der Waals surface area contributed by atoms with Gasteiger partial charge in [0.25, 0.3) is 0 Å². The van der Waals surface area contributed by atoms with Crippen molar-refractivity contribution in [2.45, 2.75) is 18.9 Å². The van der Waals surface area contributed by atoms with Crippen molar-refractivity contribution >= 4 is 17.0 Å². The third kappa shape index (κ3) is 1.37. The topological polar surface area (TPSA) is 56.8 Å². The molecule has 5 heteroatoms. The van der Waals surface area contributed by atoms with Gasteiger partial charge < -0.3 is 15.2 Å².